The van der Waals surface area contributed by atoms with Gasteiger partial charge < -0.3 is 25.0 Å². The fourth-order valence-corrected chi connectivity index (χ4v) is 3.82. The van der Waals surface area contributed by atoms with Crippen molar-refractivity contribution in [3.8, 4) is 28.6 Å². The summed E-state index contributed by atoms with van der Waals surface area (Å²) in [6.07, 6.45) is 1.23. The van der Waals surface area contributed by atoms with E-state index in [4.69, 9.17) is 19.7 Å². The SMILES string of the molecule is CCOC(=O)N[C@H]1CCc2c(-c3noc(-c4ccc(OC(C)C)c(N)c4)n3)cccc21. The highest BCUT2D eigenvalue weighted by Gasteiger charge is 2.28. The van der Waals surface area contributed by atoms with E-state index >= 15 is 0 Å². The molecule has 0 aliphatic heterocycles. The van der Waals surface area contributed by atoms with Gasteiger partial charge in [0.05, 0.1) is 24.4 Å². The monoisotopic (exact) mass is 422 g/mol. The summed E-state index contributed by atoms with van der Waals surface area (Å²) in [4.78, 5) is 16.4. The molecule has 8 nitrogen and oxygen atoms in total. The molecule has 1 aromatic heterocycles. The van der Waals surface area contributed by atoms with Crippen LogP contribution in [0.3, 0.4) is 0 Å². The number of carbonyl (C=O) groups is 1. The second kappa shape index (κ2) is 8.67. The third-order valence-corrected chi connectivity index (χ3v) is 5.12. The van der Waals surface area contributed by atoms with Gasteiger partial charge >= 0.3 is 6.09 Å². The Balaban J connectivity index is 1.59. The topological polar surface area (TPSA) is 112 Å². The van der Waals surface area contributed by atoms with Crippen molar-refractivity contribution in [2.24, 2.45) is 0 Å². The van der Waals surface area contributed by atoms with E-state index in [1.54, 1.807) is 19.1 Å². The van der Waals surface area contributed by atoms with Crippen LogP contribution in [0.4, 0.5) is 10.5 Å². The van der Waals surface area contributed by atoms with Crippen molar-refractivity contribution in [3.05, 3.63) is 47.5 Å². The first-order valence-corrected chi connectivity index (χ1v) is 10.4. The Morgan fingerprint density at radius 2 is 2.16 bits per heavy atom. The zero-order valence-electron chi connectivity index (χ0n) is 17.8. The Labute approximate surface area is 180 Å². The third-order valence-electron chi connectivity index (χ3n) is 5.12. The molecule has 1 atom stereocenters. The number of ether oxygens (including phenoxy) is 2. The van der Waals surface area contributed by atoms with E-state index in [1.165, 1.54) is 0 Å². The van der Waals surface area contributed by atoms with E-state index in [1.807, 2.05) is 38.1 Å². The molecule has 8 heteroatoms. The molecule has 162 valence electrons. The lowest BCUT2D eigenvalue weighted by molar-refractivity contribution is 0.148. The van der Waals surface area contributed by atoms with E-state index < -0.39 is 6.09 Å². The molecule has 0 bridgehead atoms. The molecule has 1 aliphatic carbocycles. The third kappa shape index (κ3) is 4.33. The van der Waals surface area contributed by atoms with Crippen LogP contribution in [0.2, 0.25) is 0 Å². The highest BCUT2D eigenvalue weighted by molar-refractivity contribution is 5.71. The molecule has 4 rings (SSSR count). The molecule has 2 aromatic carbocycles. The lowest BCUT2D eigenvalue weighted by Gasteiger charge is -2.14. The molecule has 0 unspecified atom stereocenters. The number of nitrogen functional groups attached to an aromatic ring is 1. The van der Waals surface area contributed by atoms with Crippen molar-refractivity contribution in [1.29, 1.82) is 0 Å². The van der Waals surface area contributed by atoms with Gasteiger partial charge in [-0.3, -0.25) is 0 Å². The van der Waals surface area contributed by atoms with Crippen LogP contribution in [-0.2, 0) is 11.2 Å². The predicted octanol–water partition coefficient (Wildman–Crippen LogP) is 4.51. The van der Waals surface area contributed by atoms with Gasteiger partial charge in [-0.2, -0.15) is 4.98 Å². The number of nitrogens with two attached hydrogens (primary N) is 1. The van der Waals surface area contributed by atoms with Gasteiger partial charge in [0.2, 0.25) is 5.82 Å². The number of carbonyl (C=O) groups excluding carboxylic acids is 1. The van der Waals surface area contributed by atoms with Gasteiger partial charge in [-0.15, -0.1) is 0 Å². The summed E-state index contributed by atoms with van der Waals surface area (Å²) in [6, 6.07) is 11.2. The number of rotatable bonds is 6. The van der Waals surface area contributed by atoms with Crippen molar-refractivity contribution in [1.82, 2.24) is 15.5 Å². The minimum atomic E-state index is -0.407. The quantitative estimate of drug-likeness (QED) is 0.562. The molecule has 0 fully saturated rings. The normalized spacial score (nSPS) is 15.0. The zero-order chi connectivity index (χ0) is 22.0. The average Bonchev–Trinajstić information content (AvgIpc) is 3.37. The van der Waals surface area contributed by atoms with Gasteiger partial charge in [-0.05, 0) is 62.9 Å². The van der Waals surface area contributed by atoms with Crippen molar-refractivity contribution >= 4 is 11.8 Å². The van der Waals surface area contributed by atoms with E-state index in [-0.39, 0.29) is 12.1 Å². The molecule has 0 saturated carbocycles. The summed E-state index contributed by atoms with van der Waals surface area (Å²) >= 11 is 0. The molecule has 0 spiro atoms. The highest BCUT2D eigenvalue weighted by atomic mass is 16.5. The van der Waals surface area contributed by atoms with E-state index in [0.29, 0.717) is 29.8 Å². The second-order valence-corrected chi connectivity index (χ2v) is 7.67. The van der Waals surface area contributed by atoms with Crippen molar-refractivity contribution in [2.45, 2.75) is 45.8 Å². The number of hydrogen-bond acceptors (Lipinski definition) is 7. The maximum Gasteiger partial charge on any atom is 0.407 e. The summed E-state index contributed by atoms with van der Waals surface area (Å²) in [5, 5.41) is 7.11. The van der Waals surface area contributed by atoms with E-state index in [0.717, 1.165) is 35.1 Å². The number of aromatic nitrogens is 2. The number of nitrogens with one attached hydrogen (secondary N) is 1. The van der Waals surface area contributed by atoms with Gasteiger partial charge in [-0.25, -0.2) is 4.79 Å². The first-order chi connectivity index (χ1) is 15.0. The molecule has 0 saturated heterocycles. The van der Waals surface area contributed by atoms with Crippen molar-refractivity contribution in [2.75, 3.05) is 12.3 Å². The van der Waals surface area contributed by atoms with Gasteiger partial charge in [0, 0.05) is 11.1 Å². The Morgan fingerprint density at radius 1 is 1.32 bits per heavy atom. The van der Waals surface area contributed by atoms with Crippen LogP contribution in [-0.4, -0.2) is 28.9 Å². The Bertz CT molecular complexity index is 1090. The summed E-state index contributed by atoms with van der Waals surface area (Å²) in [5.41, 5.74) is 10.4. The van der Waals surface area contributed by atoms with Crippen molar-refractivity contribution in [3.63, 3.8) is 0 Å². The largest absolute Gasteiger partial charge is 0.489 e. The smallest absolute Gasteiger partial charge is 0.407 e. The number of alkyl carbamates (subject to hydrolysis) is 1. The summed E-state index contributed by atoms with van der Waals surface area (Å²) < 4.78 is 16.2. The fraction of sp³-hybridized carbons (Fsp3) is 0.348. The maximum atomic E-state index is 11.8. The standard InChI is InChI=1S/C23H26N4O4/c1-4-29-23(28)25-19-10-9-15-16(19)6-5-7-17(15)21-26-22(31-27-21)14-8-11-20(18(24)12-14)30-13(2)3/h5-8,11-13,19H,4,9-10,24H2,1-3H3,(H,25,28)/t19-/m0/s1. The van der Waals surface area contributed by atoms with Crippen molar-refractivity contribution < 1.29 is 18.8 Å². The first-order valence-electron chi connectivity index (χ1n) is 10.4. The molecule has 1 amide bonds. The van der Waals surface area contributed by atoms with Crippen LogP contribution < -0.4 is 15.8 Å². The number of fused-ring (bicyclic) bond motifs is 1. The molecule has 0 radical (unpaired) electrons. The summed E-state index contributed by atoms with van der Waals surface area (Å²) in [5.74, 6) is 1.51. The predicted molar refractivity (Wildman–Crippen MR) is 117 cm³/mol. The number of benzene rings is 2. The van der Waals surface area contributed by atoms with Crippen LogP contribution in [0.1, 0.15) is 44.4 Å². The Hall–Kier alpha value is -3.55. The number of nitrogens with zero attached hydrogens (tertiary/aromatic N) is 2. The Kier molecular flexibility index (Phi) is 5.79. The maximum absolute atomic E-state index is 11.8. The van der Waals surface area contributed by atoms with Crippen LogP contribution >= 0.6 is 0 Å². The van der Waals surface area contributed by atoms with Crippen LogP contribution in [0.5, 0.6) is 5.75 Å². The van der Waals surface area contributed by atoms with Crippen LogP contribution in [0.15, 0.2) is 40.9 Å². The number of hydrogen-bond donors (Lipinski definition) is 2. The number of anilines is 1. The number of amides is 1. The molecular formula is C23H26N4O4. The molecule has 3 aromatic rings. The van der Waals surface area contributed by atoms with Gasteiger partial charge in [-0.1, -0.05) is 23.4 Å². The molecular weight excluding hydrogens is 396 g/mol. The summed E-state index contributed by atoms with van der Waals surface area (Å²) in [6.45, 7) is 6.02. The average molecular weight is 422 g/mol. The van der Waals surface area contributed by atoms with E-state index in [9.17, 15) is 4.79 Å². The van der Waals surface area contributed by atoms with Gasteiger partial charge in [0.25, 0.3) is 5.89 Å². The van der Waals surface area contributed by atoms with Gasteiger partial charge in [0.1, 0.15) is 5.75 Å². The molecule has 1 heterocycles. The van der Waals surface area contributed by atoms with E-state index in [2.05, 4.69) is 15.5 Å². The van der Waals surface area contributed by atoms with Crippen LogP contribution in [0, 0.1) is 0 Å². The fourth-order valence-electron chi connectivity index (χ4n) is 3.82. The highest BCUT2D eigenvalue weighted by Crippen LogP contribution is 2.37. The molecule has 1 aliphatic rings. The van der Waals surface area contributed by atoms with Crippen LogP contribution in [0.25, 0.3) is 22.8 Å². The molecule has 31 heavy (non-hydrogen) atoms. The zero-order valence-corrected chi connectivity index (χ0v) is 17.8. The molecule has 3 N–H and O–H groups in total. The minimum Gasteiger partial charge on any atom is -0.489 e. The lowest BCUT2D eigenvalue weighted by atomic mass is 10.0. The lowest BCUT2D eigenvalue weighted by Crippen LogP contribution is -2.27. The first kappa shape index (κ1) is 20.7. The van der Waals surface area contributed by atoms with Gasteiger partial charge in [0.15, 0.2) is 0 Å². The minimum absolute atomic E-state index is 0.0328. The second-order valence-electron chi connectivity index (χ2n) is 7.67. The summed E-state index contributed by atoms with van der Waals surface area (Å²) in [7, 11) is 0. The Morgan fingerprint density at radius 3 is 2.90 bits per heavy atom.